The van der Waals surface area contributed by atoms with E-state index in [-0.39, 0.29) is 19.3 Å². The fraction of sp³-hybridized carbons (Fsp3) is 0.417. The van der Waals surface area contributed by atoms with Crippen molar-refractivity contribution >= 4 is 5.97 Å². The van der Waals surface area contributed by atoms with Gasteiger partial charge in [0.05, 0.1) is 11.5 Å². The molecule has 1 aromatic rings. The Hall–Kier alpha value is -1.49. The molecule has 1 saturated carbocycles. The van der Waals surface area contributed by atoms with E-state index in [9.17, 15) is 18.7 Å². The van der Waals surface area contributed by atoms with Crippen molar-refractivity contribution in [1.82, 2.24) is 0 Å². The predicted octanol–water partition coefficient (Wildman–Crippen LogP) is 1.73. The first kappa shape index (κ1) is 12.0. The van der Waals surface area contributed by atoms with Crippen LogP contribution in [0.2, 0.25) is 0 Å². The monoisotopic (exact) mass is 242 g/mol. The van der Waals surface area contributed by atoms with Crippen molar-refractivity contribution in [3.05, 3.63) is 35.4 Å². The first-order chi connectivity index (χ1) is 7.89. The molecule has 17 heavy (non-hydrogen) atoms. The van der Waals surface area contributed by atoms with Crippen LogP contribution in [-0.4, -0.2) is 21.8 Å². The number of rotatable bonds is 3. The standard InChI is InChI=1S/C12H12F2O3/c13-9-2-1-7(3-10(9)14)4-12(17)5-8(6-12)11(15)16/h1-3,8,17H,4-6H2,(H,15,16). The van der Waals surface area contributed by atoms with E-state index in [4.69, 9.17) is 5.11 Å². The summed E-state index contributed by atoms with van der Waals surface area (Å²) in [5, 5.41) is 18.7. The second-order valence-electron chi connectivity index (χ2n) is 4.59. The third kappa shape index (κ3) is 2.44. The lowest BCUT2D eigenvalue weighted by atomic mass is 9.68. The van der Waals surface area contributed by atoms with Gasteiger partial charge in [-0.2, -0.15) is 0 Å². The number of carbonyl (C=O) groups is 1. The number of carboxylic acid groups (broad SMARTS) is 1. The van der Waals surface area contributed by atoms with Crippen LogP contribution in [0.5, 0.6) is 0 Å². The van der Waals surface area contributed by atoms with Crippen LogP contribution in [0.3, 0.4) is 0 Å². The van der Waals surface area contributed by atoms with Gasteiger partial charge in [0.1, 0.15) is 0 Å². The van der Waals surface area contributed by atoms with Crippen molar-refractivity contribution < 1.29 is 23.8 Å². The van der Waals surface area contributed by atoms with Crippen LogP contribution < -0.4 is 0 Å². The van der Waals surface area contributed by atoms with E-state index in [1.807, 2.05) is 0 Å². The molecule has 0 radical (unpaired) electrons. The molecule has 3 nitrogen and oxygen atoms in total. The van der Waals surface area contributed by atoms with Crippen molar-refractivity contribution in [2.45, 2.75) is 24.9 Å². The zero-order valence-electron chi connectivity index (χ0n) is 8.99. The Balaban J connectivity index is 2.02. The van der Waals surface area contributed by atoms with Gasteiger partial charge < -0.3 is 10.2 Å². The van der Waals surface area contributed by atoms with Gasteiger partial charge in [-0.25, -0.2) is 8.78 Å². The number of aliphatic carboxylic acids is 1. The summed E-state index contributed by atoms with van der Waals surface area (Å²) in [7, 11) is 0. The largest absolute Gasteiger partial charge is 0.481 e. The normalized spacial score (nSPS) is 27.6. The highest BCUT2D eigenvalue weighted by atomic mass is 19.2. The smallest absolute Gasteiger partial charge is 0.306 e. The minimum atomic E-state index is -1.10. The summed E-state index contributed by atoms with van der Waals surface area (Å²) < 4.78 is 25.6. The molecule has 0 bridgehead atoms. The molecule has 1 aromatic carbocycles. The fourth-order valence-corrected chi connectivity index (χ4v) is 2.21. The number of aliphatic hydroxyl groups is 1. The number of carboxylic acids is 1. The quantitative estimate of drug-likeness (QED) is 0.848. The Bertz CT molecular complexity index is 453. The summed E-state index contributed by atoms with van der Waals surface area (Å²) in [6.07, 6.45) is 0.455. The van der Waals surface area contributed by atoms with Crippen LogP contribution in [0, 0.1) is 17.6 Å². The van der Waals surface area contributed by atoms with Crippen molar-refractivity contribution in [2.75, 3.05) is 0 Å². The molecule has 0 heterocycles. The van der Waals surface area contributed by atoms with E-state index in [2.05, 4.69) is 0 Å². The molecule has 1 aliphatic rings. The van der Waals surface area contributed by atoms with E-state index in [0.717, 1.165) is 12.1 Å². The van der Waals surface area contributed by atoms with Gasteiger partial charge in [0, 0.05) is 6.42 Å². The average molecular weight is 242 g/mol. The summed E-state index contributed by atoms with van der Waals surface area (Å²) in [6, 6.07) is 3.42. The molecule has 1 aliphatic carbocycles. The molecule has 0 amide bonds. The van der Waals surface area contributed by atoms with E-state index in [1.165, 1.54) is 6.07 Å². The van der Waals surface area contributed by atoms with Crippen LogP contribution >= 0.6 is 0 Å². The Kier molecular flexibility index (Phi) is 2.87. The second-order valence-corrected chi connectivity index (χ2v) is 4.59. The Morgan fingerprint density at radius 2 is 2.00 bits per heavy atom. The zero-order valence-corrected chi connectivity index (χ0v) is 8.99. The molecule has 5 heteroatoms. The lowest BCUT2D eigenvalue weighted by Crippen LogP contribution is -2.48. The van der Waals surface area contributed by atoms with Crippen molar-refractivity contribution in [3.63, 3.8) is 0 Å². The zero-order chi connectivity index (χ0) is 12.6. The minimum Gasteiger partial charge on any atom is -0.481 e. The lowest BCUT2D eigenvalue weighted by Gasteiger charge is -2.41. The van der Waals surface area contributed by atoms with E-state index < -0.39 is 29.1 Å². The highest BCUT2D eigenvalue weighted by molar-refractivity contribution is 5.71. The van der Waals surface area contributed by atoms with E-state index >= 15 is 0 Å². The van der Waals surface area contributed by atoms with Crippen molar-refractivity contribution in [3.8, 4) is 0 Å². The topological polar surface area (TPSA) is 57.5 Å². The first-order valence-electron chi connectivity index (χ1n) is 5.29. The van der Waals surface area contributed by atoms with Crippen LogP contribution in [0.1, 0.15) is 18.4 Å². The summed E-state index contributed by atoms with van der Waals surface area (Å²) in [6.45, 7) is 0. The second kappa shape index (κ2) is 4.07. The van der Waals surface area contributed by atoms with Gasteiger partial charge in [-0.3, -0.25) is 4.79 Å². The van der Waals surface area contributed by atoms with Gasteiger partial charge in [-0.1, -0.05) is 6.07 Å². The maximum atomic E-state index is 12.9. The van der Waals surface area contributed by atoms with Crippen LogP contribution in [-0.2, 0) is 11.2 Å². The minimum absolute atomic E-state index is 0.147. The van der Waals surface area contributed by atoms with Crippen LogP contribution in [0.15, 0.2) is 18.2 Å². The highest BCUT2D eigenvalue weighted by Gasteiger charge is 2.46. The van der Waals surface area contributed by atoms with Gasteiger partial charge in [-0.05, 0) is 30.5 Å². The van der Waals surface area contributed by atoms with E-state index in [1.54, 1.807) is 0 Å². The number of benzene rings is 1. The summed E-state index contributed by atoms with van der Waals surface area (Å²) in [5.41, 5.74) is -0.636. The lowest BCUT2D eigenvalue weighted by molar-refractivity contribution is -0.158. The molecule has 0 saturated heterocycles. The molecule has 0 aliphatic heterocycles. The van der Waals surface area contributed by atoms with Gasteiger partial charge in [-0.15, -0.1) is 0 Å². The van der Waals surface area contributed by atoms with Crippen molar-refractivity contribution in [1.29, 1.82) is 0 Å². The van der Waals surface area contributed by atoms with Gasteiger partial charge in [0.15, 0.2) is 11.6 Å². The molecule has 0 unspecified atom stereocenters. The molecule has 0 spiro atoms. The van der Waals surface area contributed by atoms with Crippen LogP contribution in [0.25, 0.3) is 0 Å². The Labute approximate surface area is 96.7 Å². The number of hydrogen-bond acceptors (Lipinski definition) is 2. The SMILES string of the molecule is O=C(O)C1CC(O)(Cc2ccc(F)c(F)c2)C1. The maximum Gasteiger partial charge on any atom is 0.306 e. The Morgan fingerprint density at radius 3 is 2.53 bits per heavy atom. The summed E-state index contributed by atoms with van der Waals surface area (Å²) >= 11 is 0. The molecule has 2 rings (SSSR count). The number of halogens is 2. The summed E-state index contributed by atoms with van der Waals surface area (Å²) in [5.74, 6) is -3.36. The molecule has 92 valence electrons. The maximum absolute atomic E-state index is 12.9. The van der Waals surface area contributed by atoms with Gasteiger partial charge >= 0.3 is 5.97 Å². The molecule has 2 N–H and O–H groups in total. The average Bonchev–Trinajstić information content (AvgIpc) is 2.19. The van der Waals surface area contributed by atoms with Crippen molar-refractivity contribution in [2.24, 2.45) is 5.92 Å². The van der Waals surface area contributed by atoms with Gasteiger partial charge in [0.2, 0.25) is 0 Å². The third-order valence-electron chi connectivity index (χ3n) is 3.12. The predicted molar refractivity (Wildman–Crippen MR) is 55.4 cm³/mol. The van der Waals surface area contributed by atoms with Crippen LogP contribution in [0.4, 0.5) is 8.78 Å². The highest BCUT2D eigenvalue weighted by Crippen LogP contribution is 2.40. The molecule has 0 aromatic heterocycles. The molecule has 0 atom stereocenters. The fourth-order valence-electron chi connectivity index (χ4n) is 2.21. The molecular formula is C12H12F2O3. The van der Waals surface area contributed by atoms with Gasteiger partial charge in [0.25, 0.3) is 0 Å². The Morgan fingerprint density at radius 1 is 1.35 bits per heavy atom. The third-order valence-corrected chi connectivity index (χ3v) is 3.12. The molecule has 1 fully saturated rings. The first-order valence-corrected chi connectivity index (χ1v) is 5.29. The number of hydrogen-bond donors (Lipinski definition) is 2. The van der Waals surface area contributed by atoms with E-state index in [0.29, 0.717) is 5.56 Å². The molecular weight excluding hydrogens is 230 g/mol. The summed E-state index contributed by atoms with van der Waals surface area (Å²) in [4.78, 5) is 10.6.